The van der Waals surface area contributed by atoms with Crippen molar-refractivity contribution in [1.29, 1.82) is 0 Å². The third kappa shape index (κ3) is 1.94. The first-order valence-corrected chi connectivity index (χ1v) is 6.22. The third-order valence-corrected chi connectivity index (χ3v) is 3.97. The highest BCUT2D eigenvalue weighted by Gasteiger charge is 2.40. The molecule has 0 radical (unpaired) electrons. The molecule has 3 nitrogen and oxygen atoms in total. The van der Waals surface area contributed by atoms with E-state index in [0.29, 0.717) is 23.6 Å². The summed E-state index contributed by atoms with van der Waals surface area (Å²) >= 11 is 0. The van der Waals surface area contributed by atoms with E-state index in [1.165, 1.54) is 0 Å². The summed E-state index contributed by atoms with van der Waals surface area (Å²) in [5.41, 5.74) is 7.46. The fourth-order valence-corrected chi connectivity index (χ4v) is 2.68. The Bertz CT molecular complexity index is 425. The second-order valence-electron chi connectivity index (χ2n) is 4.85. The van der Waals surface area contributed by atoms with Crippen LogP contribution in [0.25, 0.3) is 0 Å². The summed E-state index contributed by atoms with van der Waals surface area (Å²) in [6, 6.07) is 3.55. The molecule has 0 bridgehead atoms. The van der Waals surface area contributed by atoms with Crippen molar-refractivity contribution in [2.75, 3.05) is 20.8 Å². The van der Waals surface area contributed by atoms with Crippen LogP contribution in [-0.4, -0.2) is 20.8 Å². The molecule has 18 heavy (non-hydrogen) atoms. The number of rotatable bonds is 5. The summed E-state index contributed by atoms with van der Waals surface area (Å²) in [6.45, 7) is 0.0518. The molecule has 0 spiro atoms. The summed E-state index contributed by atoms with van der Waals surface area (Å²) < 4.78 is 23.7. The molecule has 0 saturated heterocycles. The highest BCUT2D eigenvalue weighted by atomic mass is 19.1. The van der Waals surface area contributed by atoms with Gasteiger partial charge in [0, 0.05) is 17.5 Å². The van der Waals surface area contributed by atoms with Gasteiger partial charge in [-0.3, -0.25) is 0 Å². The Balaban J connectivity index is 2.56. The Hall–Kier alpha value is -1.29. The Kier molecular flexibility index (Phi) is 3.76. The molecule has 0 aliphatic heterocycles. The molecule has 1 aromatic rings. The van der Waals surface area contributed by atoms with Crippen LogP contribution < -0.4 is 15.2 Å². The minimum Gasteiger partial charge on any atom is -0.493 e. The second-order valence-corrected chi connectivity index (χ2v) is 4.85. The molecule has 1 aromatic carbocycles. The Morgan fingerprint density at radius 1 is 1.28 bits per heavy atom. The van der Waals surface area contributed by atoms with Crippen molar-refractivity contribution in [2.45, 2.75) is 31.4 Å². The van der Waals surface area contributed by atoms with E-state index in [9.17, 15) is 4.39 Å². The monoisotopic (exact) mass is 253 g/mol. The van der Waals surface area contributed by atoms with Gasteiger partial charge < -0.3 is 15.2 Å². The van der Waals surface area contributed by atoms with Crippen molar-refractivity contribution in [1.82, 2.24) is 0 Å². The molecule has 1 aliphatic carbocycles. The summed E-state index contributed by atoms with van der Waals surface area (Å²) in [4.78, 5) is 0. The number of ether oxygens (including phenoxy) is 2. The highest BCUT2D eigenvalue weighted by Crippen LogP contribution is 2.49. The Labute approximate surface area is 107 Å². The van der Waals surface area contributed by atoms with E-state index in [4.69, 9.17) is 15.2 Å². The van der Waals surface area contributed by atoms with Crippen molar-refractivity contribution in [2.24, 2.45) is 5.73 Å². The van der Waals surface area contributed by atoms with Gasteiger partial charge in [0.15, 0.2) is 11.5 Å². The Morgan fingerprint density at radius 3 is 2.39 bits per heavy atom. The SMILES string of the molecule is COc1cc(CF)cc(C2(CN)CCC2)c1OC. The quantitative estimate of drug-likeness (QED) is 0.877. The zero-order valence-corrected chi connectivity index (χ0v) is 11.0. The molecule has 0 amide bonds. The van der Waals surface area contributed by atoms with Crippen LogP contribution in [0.15, 0.2) is 12.1 Å². The lowest BCUT2D eigenvalue weighted by molar-refractivity contribution is 0.239. The van der Waals surface area contributed by atoms with E-state index < -0.39 is 6.67 Å². The van der Waals surface area contributed by atoms with Crippen LogP contribution in [0.3, 0.4) is 0 Å². The molecule has 0 atom stereocenters. The Morgan fingerprint density at radius 2 is 2.00 bits per heavy atom. The van der Waals surface area contributed by atoms with Gasteiger partial charge in [-0.25, -0.2) is 4.39 Å². The number of benzene rings is 1. The van der Waals surface area contributed by atoms with E-state index in [1.54, 1.807) is 20.3 Å². The predicted molar refractivity (Wildman–Crippen MR) is 68.9 cm³/mol. The maximum absolute atomic E-state index is 12.9. The minimum atomic E-state index is -0.506. The van der Waals surface area contributed by atoms with Gasteiger partial charge in [-0.2, -0.15) is 0 Å². The summed E-state index contributed by atoms with van der Waals surface area (Å²) in [5.74, 6) is 1.28. The number of halogens is 1. The van der Waals surface area contributed by atoms with Gasteiger partial charge in [0.25, 0.3) is 0 Å². The van der Waals surface area contributed by atoms with Crippen LogP contribution in [-0.2, 0) is 12.1 Å². The smallest absolute Gasteiger partial charge is 0.164 e. The summed E-state index contributed by atoms with van der Waals surface area (Å²) in [5, 5.41) is 0. The van der Waals surface area contributed by atoms with Crippen LogP contribution in [0.2, 0.25) is 0 Å². The zero-order chi connectivity index (χ0) is 13.2. The van der Waals surface area contributed by atoms with Crippen molar-refractivity contribution in [3.63, 3.8) is 0 Å². The van der Waals surface area contributed by atoms with E-state index >= 15 is 0 Å². The molecule has 0 heterocycles. The first kappa shape index (κ1) is 13.1. The normalized spacial score (nSPS) is 17.1. The molecule has 100 valence electrons. The van der Waals surface area contributed by atoms with Gasteiger partial charge in [-0.15, -0.1) is 0 Å². The number of hydrogen-bond acceptors (Lipinski definition) is 3. The number of hydrogen-bond donors (Lipinski definition) is 1. The fraction of sp³-hybridized carbons (Fsp3) is 0.571. The van der Waals surface area contributed by atoms with Gasteiger partial charge in [-0.1, -0.05) is 6.42 Å². The lowest BCUT2D eigenvalue weighted by Crippen LogP contribution is -2.41. The average Bonchev–Trinajstić information content (AvgIpc) is 2.37. The molecule has 1 fully saturated rings. The van der Waals surface area contributed by atoms with Gasteiger partial charge in [-0.05, 0) is 30.5 Å². The zero-order valence-electron chi connectivity index (χ0n) is 11.0. The maximum Gasteiger partial charge on any atom is 0.164 e. The van der Waals surface area contributed by atoms with Crippen molar-refractivity contribution >= 4 is 0 Å². The maximum atomic E-state index is 12.9. The van der Waals surface area contributed by atoms with Crippen LogP contribution in [0.5, 0.6) is 11.5 Å². The molecule has 4 heteroatoms. The first-order chi connectivity index (χ1) is 8.70. The van der Waals surface area contributed by atoms with Gasteiger partial charge in [0.2, 0.25) is 0 Å². The lowest BCUT2D eigenvalue weighted by atomic mass is 9.64. The van der Waals surface area contributed by atoms with E-state index in [2.05, 4.69) is 0 Å². The molecule has 1 aliphatic rings. The predicted octanol–water partition coefficient (Wildman–Crippen LogP) is 2.55. The van der Waals surface area contributed by atoms with Gasteiger partial charge >= 0.3 is 0 Å². The largest absolute Gasteiger partial charge is 0.493 e. The van der Waals surface area contributed by atoms with Gasteiger partial charge in [0.1, 0.15) is 6.67 Å². The minimum absolute atomic E-state index is 0.0657. The van der Waals surface area contributed by atoms with Gasteiger partial charge in [0.05, 0.1) is 14.2 Å². The second kappa shape index (κ2) is 5.14. The molecule has 0 aromatic heterocycles. The lowest BCUT2D eigenvalue weighted by Gasteiger charge is -2.42. The van der Waals surface area contributed by atoms with Crippen molar-refractivity contribution in [3.05, 3.63) is 23.3 Å². The third-order valence-electron chi connectivity index (χ3n) is 3.97. The van der Waals surface area contributed by atoms with Crippen LogP contribution in [0.1, 0.15) is 30.4 Å². The average molecular weight is 253 g/mol. The van der Waals surface area contributed by atoms with Crippen LogP contribution in [0.4, 0.5) is 4.39 Å². The molecule has 2 N–H and O–H groups in total. The number of methoxy groups -OCH3 is 2. The molecule has 1 saturated carbocycles. The standard InChI is InChI=1S/C14H20FNO2/c1-17-12-7-10(8-15)6-11(13(12)18-2)14(9-16)4-3-5-14/h6-7H,3-5,8-9,16H2,1-2H3. The van der Waals surface area contributed by atoms with Crippen molar-refractivity contribution < 1.29 is 13.9 Å². The number of alkyl halides is 1. The van der Waals surface area contributed by atoms with E-state index in [1.807, 2.05) is 6.07 Å². The molecular formula is C14H20FNO2. The topological polar surface area (TPSA) is 44.5 Å². The summed E-state index contributed by atoms with van der Waals surface area (Å²) in [6.07, 6.45) is 3.21. The van der Waals surface area contributed by atoms with Crippen molar-refractivity contribution in [3.8, 4) is 11.5 Å². The van der Waals surface area contributed by atoms with E-state index in [0.717, 1.165) is 24.8 Å². The van der Waals surface area contributed by atoms with Crippen LogP contribution >= 0.6 is 0 Å². The first-order valence-electron chi connectivity index (χ1n) is 6.22. The van der Waals surface area contributed by atoms with Crippen LogP contribution in [0, 0.1) is 0 Å². The molecule has 2 rings (SSSR count). The number of nitrogens with two attached hydrogens (primary N) is 1. The molecular weight excluding hydrogens is 233 g/mol. The fourth-order valence-electron chi connectivity index (χ4n) is 2.68. The summed E-state index contributed by atoms with van der Waals surface area (Å²) in [7, 11) is 3.18. The molecule has 0 unspecified atom stereocenters. The van der Waals surface area contributed by atoms with E-state index in [-0.39, 0.29) is 5.41 Å². The highest BCUT2D eigenvalue weighted by molar-refractivity contribution is 5.53.